The lowest BCUT2D eigenvalue weighted by Gasteiger charge is -2.07. The Balaban J connectivity index is 1.38. The molecule has 1 aromatic heterocycles. The molecule has 0 aliphatic rings. The maximum absolute atomic E-state index is 12.1. The first kappa shape index (κ1) is 15.9. The maximum Gasteiger partial charge on any atom is 0.374 e. The minimum atomic E-state index is -0.671. The molecule has 0 saturated carbocycles. The number of anilines is 1. The van der Waals surface area contributed by atoms with Gasteiger partial charge >= 0.3 is 5.97 Å². The Morgan fingerprint density at radius 1 is 0.846 bits per heavy atom. The molecule has 0 spiro atoms. The van der Waals surface area contributed by atoms with Crippen LogP contribution in [0.2, 0.25) is 0 Å². The van der Waals surface area contributed by atoms with Crippen LogP contribution >= 0.6 is 0 Å². The predicted molar refractivity (Wildman–Crippen MR) is 99.1 cm³/mol. The van der Waals surface area contributed by atoms with Crippen molar-refractivity contribution in [3.63, 3.8) is 0 Å². The van der Waals surface area contributed by atoms with Crippen LogP contribution in [-0.4, -0.2) is 18.5 Å². The number of amides is 1. The number of hydrogen-bond donors (Lipinski definition) is 1. The van der Waals surface area contributed by atoms with Gasteiger partial charge in [0.05, 0.1) is 0 Å². The number of benzene rings is 3. The van der Waals surface area contributed by atoms with Gasteiger partial charge in [0.25, 0.3) is 5.91 Å². The van der Waals surface area contributed by atoms with Crippen LogP contribution in [0.15, 0.2) is 77.2 Å². The minimum Gasteiger partial charge on any atom is -0.450 e. The number of furan rings is 1. The lowest BCUT2D eigenvalue weighted by atomic mass is 10.1. The number of ether oxygens (including phenoxy) is 1. The van der Waals surface area contributed by atoms with Crippen LogP contribution in [0.3, 0.4) is 0 Å². The smallest absolute Gasteiger partial charge is 0.374 e. The molecule has 0 aliphatic carbocycles. The normalized spacial score (nSPS) is 10.8. The fraction of sp³-hybridized carbons (Fsp3) is 0.0476. The van der Waals surface area contributed by atoms with Gasteiger partial charge in [-0.05, 0) is 35.0 Å². The molecule has 26 heavy (non-hydrogen) atoms. The third kappa shape index (κ3) is 3.28. The van der Waals surface area contributed by atoms with Crippen molar-refractivity contribution in [2.45, 2.75) is 0 Å². The average Bonchev–Trinajstić information content (AvgIpc) is 3.10. The largest absolute Gasteiger partial charge is 0.450 e. The highest BCUT2D eigenvalue weighted by Gasteiger charge is 2.15. The summed E-state index contributed by atoms with van der Waals surface area (Å²) in [4.78, 5) is 24.1. The minimum absolute atomic E-state index is 0.0738. The second-order valence-electron chi connectivity index (χ2n) is 5.83. The van der Waals surface area contributed by atoms with Gasteiger partial charge in [-0.1, -0.05) is 48.5 Å². The number of rotatable bonds is 4. The van der Waals surface area contributed by atoms with Crippen LogP contribution < -0.4 is 5.32 Å². The van der Waals surface area contributed by atoms with E-state index in [0.29, 0.717) is 11.3 Å². The van der Waals surface area contributed by atoms with Gasteiger partial charge in [0, 0.05) is 11.1 Å². The molecule has 5 heteroatoms. The molecular formula is C21H15NO4. The lowest BCUT2D eigenvalue weighted by molar-refractivity contribution is -0.119. The number of carbonyl (C=O) groups is 2. The number of hydrogen-bond acceptors (Lipinski definition) is 4. The Labute approximate surface area is 149 Å². The summed E-state index contributed by atoms with van der Waals surface area (Å²) in [5.41, 5.74) is 1.24. The van der Waals surface area contributed by atoms with Crippen LogP contribution in [0.4, 0.5) is 5.69 Å². The SMILES string of the molecule is O=C(COC(=O)c1cc2ccccc2o1)Nc1ccc2ccccc2c1. The van der Waals surface area contributed by atoms with E-state index in [1.54, 1.807) is 18.2 Å². The molecule has 1 heterocycles. The summed E-state index contributed by atoms with van der Waals surface area (Å²) in [7, 11) is 0. The fourth-order valence-electron chi connectivity index (χ4n) is 2.75. The van der Waals surface area contributed by atoms with Gasteiger partial charge in [0.1, 0.15) is 5.58 Å². The van der Waals surface area contributed by atoms with Crippen LogP contribution in [-0.2, 0) is 9.53 Å². The van der Waals surface area contributed by atoms with E-state index >= 15 is 0 Å². The fourth-order valence-corrected chi connectivity index (χ4v) is 2.75. The zero-order valence-electron chi connectivity index (χ0n) is 13.8. The second kappa shape index (κ2) is 6.72. The standard InChI is InChI=1S/C21H15NO4/c23-20(22-17-10-9-14-5-1-2-6-15(14)11-17)13-25-21(24)19-12-16-7-3-4-8-18(16)26-19/h1-12H,13H2,(H,22,23). The molecule has 0 radical (unpaired) electrons. The summed E-state index contributed by atoms with van der Waals surface area (Å²) >= 11 is 0. The van der Waals surface area contributed by atoms with Gasteiger partial charge in [-0.2, -0.15) is 0 Å². The van der Waals surface area contributed by atoms with Crippen molar-refractivity contribution >= 4 is 39.3 Å². The molecule has 4 rings (SSSR count). The Morgan fingerprint density at radius 3 is 2.38 bits per heavy atom. The highest BCUT2D eigenvalue weighted by atomic mass is 16.5. The van der Waals surface area contributed by atoms with E-state index in [1.165, 1.54) is 0 Å². The molecule has 3 aromatic carbocycles. The van der Waals surface area contributed by atoms with Gasteiger partial charge in [-0.25, -0.2) is 4.79 Å². The topological polar surface area (TPSA) is 68.5 Å². The number of fused-ring (bicyclic) bond motifs is 2. The molecular weight excluding hydrogens is 330 g/mol. The highest BCUT2D eigenvalue weighted by Crippen LogP contribution is 2.20. The van der Waals surface area contributed by atoms with Gasteiger partial charge in [0.15, 0.2) is 6.61 Å². The second-order valence-corrected chi connectivity index (χ2v) is 5.83. The number of para-hydroxylation sites is 1. The van der Waals surface area contributed by atoms with Gasteiger partial charge in [-0.3, -0.25) is 4.79 Å². The first-order chi connectivity index (χ1) is 12.7. The molecule has 128 valence electrons. The van der Waals surface area contributed by atoms with Gasteiger partial charge in [-0.15, -0.1) is 0 Å². The summed E-state index contributed by atoms with van der Waals surface area (Å²) in [6.45, 7) is -0.386. The molecule has 0 saturated heterocycles. The molecule has 0 fully saturated rings. The van der Waals surface area contributed by atoms with Crippen molar-refractivity contribution in [3.8, 4) is 0 Å². The summed E-state index contributed by atoms with van der Waals surface area (Å²) in [5, 5.41) is 5.63. The van der Waals surface area contributed by atoms with Crippen LogP contribution in [0, 0.1) is 0 Å². The molecule has 0 atom stereocenters. The van der Waals surface area contributed by atoms with Gasteiger partial charge < -0.3 is 14.5 Å². The van der Waals surface area contributed by atoms with E-state index in [4.69, 9.17) is 9.15 Å². The highest BCUT2D eigenvalue weighted by molar-refractivity contribution is 5.97. The zero-order valence-corrected chi connectivity index (χ0v) is 13.8. The van der Waals surface area contributed by atoms with Crippen molar-refractivity contribution in [3.05, 3.63) is 78.6 Å². The number of nitrogens with one attached hydrogen (secondary N) is 1. The monoisotopic (exact) mass is 345 g/mol. The van der Waals surface area contributed by atoms with Crippen LogP contribution in [0.1, 0.15) is 10.6 Å². The summed E-state index contributed by atoms with van der Waals surface area (Å²) in [6, 6.07) is 22.3. The van der Waals surface area contributed by atoms with Crippen molar-refractivity contribution in [2.24, 2.45) is 0 Å². The van der Waals surface area contributed by atoms with E-state index in [9.17, 15) is 9.59 Å². The molecule has 4 aromatic rings. The quantitative estimate of drug-likeness (QED) is 0.557. The third-order valence-corrected chi connectivity index (χ3v) is 3.99. The Kier molecular flexibility index (Phi) is 4.11. The third-order valence-electron chi connectivity index (χ3n) is 3.99. The van der Waals surface area contributed by atoms with Crippen molar-refractivity contribution < 1.29 is 18.7 Å². The summed E-state index contributed by atoms with van der Waals surface area (Å²) < 4.78 is 10.5. The molecule has 0 unspecified atom stereocenters. The molecule has 0 bridgehead atoms. The van der Waals surface area contributed by atoms with E-state index in [0.717, 1.165) is 16.2 Å². The molecule has 5 nitrogen and oxygen atoms in total. The van der Waals surface area contributed by atoms with E-state index in [2.05, 4.69) is 5.32 Å². The number of esters is 1. The van der Waals surface area contributed by atoms with Gasteiger partial charge in [0.2, 0.25) is 5.76 Å². The van der Waals surface area contributed by atoms with E-state index in [1.807, 2.05) is 54.6 Å². The average molecular weight is 345 g/mol. The molecule has 1 amide bonds. The maximum atomic E-state index is 12.1. The van der Waals surface area contributed by atoms with E-state index < -0.39 is 11.9 Å². The van der Waals surface area contributed by atoms with E-state index in [-0.39, 0.29) is 12.4 Å². The summed E-state index contributed by atoms with van der Waals surface area (Å²) in [6.07, 6.45) is 0. The Bertz CT molecular complexity index is 1080. The molecule has 1 N–H and O–H groups in total. The predicted octanol–water partition coefficient (Wildman–Crippen LogP) is 4.38. The summed E-state index contributed by atoms with van der Waals surface area (Å²) in [5.74, 6) is -1.01. The first-order valence-electron chi connectivity index (χ1n) is 8.13. The van der Waals surface area contributed by atoms with Crippen molar-refractivity contribution in [2.75, 3.05) is 11.9 Å². The Hall–Kier alpha value is -3.60. The molecule has 0 aliphatic heterocycles. The van der Waals surface area contributed by atoms with Crippen molar-refractivity contribution in [1.82, 2.24) is 0 Å². The number of carbonyl (C=O) groups excluding carboxylic acids is 2. The Morgan fingerprint density at radius 2 is 1.58 bits per heavy atom. The lowest BCUT2D eigenvalue weighted by Crippen LogP contribution is -2.20. The zero-order chi connectivity index (χ0) is 17.9. The van der Waals surface area contributed by atoms with Crippen LogP contribution in [0.5, 0.6) is 0 Å². The first-order valence-corrected chi connectivity index (χ1v) is 8.13. The van der Waals surface area contributed by atoms with Crippen LogP contribution in [0.25, 0.3) is 21.7 Å². The van der Waals surface area contributed by atoms with Crippen molar-refractivity contribution in [1.29, 1.82) is 0 Å².